The van der Waals surface area contributed by atoms with E-state index in [-0.39, 0.29) is 12.0 Å². The maximum Gasteiger partial charge on any atom is 0.220 e. The van der Waals surface area contributed by atoms with Crippen LogP contribution in [0.15, 0.2) is 36.9 Å². The van der Waals surface area contributed by atoms with E-state index >= 15 is 0 Å². The van der Waals surface area contributed by atoms with Crippen molar-refractivity contribution in [1.82, 2.24) is 5.32 Å². The molecule has 1 atom stereocenters. The molecular formula is C14H18ClNO2. The number of methoxy groups -OCH3 is 1. The third-order valence-electron chi connectivity index (χ3n) is 2.57. The number of rotatable bonds is 7. The van der Waals surface area contributed by atoms with E-state index in [1.807, 2.05) is 18.2 Å². The first-order chi connectivity index (χ1) is 8.67. The summed E-state index contributed by atoms with van der Waals surface area (Å²) in [4.78, 5) is 11.5. The van der Waals surface area contributed by atoms with E-state index in [4.69, 9.17) is 16.3 Å². The Kier molecular flexibility index (Phi) is 6.47. The van der Waals surface area contributed by atoms with Crippen LogP contribution in [0.25, 0.3) is 0 Å². The Balaban J connectivity index is 2.52. The minimum atomic E-state index is -0.184. The van der Waals surface area contributed by atoms with Crippen molar-refractivity contribution in [2.75, 3.05) is 13.7 Å². The van der Waals surface area contributed by atoms with Gasteiger partial charge in [0.15, 0.2) is 0 Å². The molecule has 0 bridgehead atoms. The van der Waals surface area contributed by atoms with Gasteiger partial charge in [-0.15, -0.1) is 6.58 Å². The summed E-state index contributed by atoms with van der Waals surface area (Å²) in [5.41, 5.74) is 0.953. The van der Waals surface area contributed by atoms with Crippen LogP contribution in [0.5, 0.6) is 0 Å². The first-order valence-corrected chi connectivity index (χ1v) is 6.21. The molecule has 1 rings (SSSR count). The summed E-state index contributed by atoms with van der Waals surface area (Å²) in [7, 11) is 1.61. The van der Waals surface area contributed by atoms with Crippen molar-refractivity contribution in [1.29, 1.82) is 0 Å². The van der Waals surface area contributed by atoms with Crippen molar-refractivity contribution in [2.24, 2.45) is 0 Å². The van der Waals surface area contributed by atoms with Crippen LogP contribution >= 0.6 is 11.6 Å². The van der Waals surface area contributed by atoms with Gasteiger partial charge in [0, 0.05) is 25.1 Å². The molecule has 1 aromatic carbocycles. The highest BCUT2D eigenvalue weighted by atomic mass is 35.5. The van der Waals surface area contributed by atoms with Crippen LogP contribution in [-0.4, -0.2) is 19.6 Å². The minimum Gasteiger partial charge on any atom is -0.375 e. The lowest BCUT2D eigenvalue weighted by Crippen LogP contribution is -2.28. The van der Waals surface area contributed by atoms with Gasteiger partial charge in [0.1, 0.15) is 0 Å². The van der Waals surface area contributed by atoms with Crippen molar-refractivity contribution in [3.8, 4) is 0 Å². The fourth-order valence-corrected chi connectivity index (χ4v) is 1.77. The molecule has 0 heterocycles. The number of allylic oxidation sites excluding steroid dienone is 1. The first kappa shape index (κ1) is 14.7. The normalized spacial score (nSPS) is 11.9. The highest BCUT2D eigenvalue weighted by Gasteiger charge is 2.12. The first-order valence-electron chi connectivity index (χ1n) is 5.83. The molecule has 0 aliphatic carbocycles. The number of halogens is 1. The molecule has 0 spiro atoms. The third-order valence-corrected chi connectivity index (χ3v) is 2.80. The van der Waals surface area contributed by atoms with Gasteiger partial charge in [-0.25, -0.2) is 0 Å². The molecular weight excluding hydrogens is 250 g/mol. The van der Waals surface area contributed by atoms with E-state index in [0.29, 0.717) is 24.4 Å². The SMILES string of the molecule is C=CCCC(=O)NC[C@@H](OC)c1cccc(Cl)c1. The third kappa shape index (κ3) is 4.90. The summed E-state index contributed by atoms with van der Waals surface area (Å²) >= 11 is 5.92. The Morgan fingerprint density at radius 3 is 3.00 bits per heavy atom. The molecule has 0 unspecified atom stereocenters. The van der Waals surface area contributed by atoms with E-state index in [2.05, 4.69) is 11.9 Å². The molecule has 3 nitrogen and oxygen atoms in total. The number of carbonyl (C=O) groups is 1. The summed E-state index contributed by atoms with van der Waals surface area (Å²) in [6.45, 7) is 4.02. The van der Waals surface area contributed by atoms with Crippen LogP contribution in [0.4, 0.5) is 0 Å². The van der Waals surface area contributed by atoms with Crippen LogP contribution in [0.2, 0.25) is 5.02 Å². The summed E-state index contributed by atoms with van der Waals surface area (Å²) in [6.07, 6.45) is 2.68. The molecule has 0 aliphatic heterocycles. The van der Waals surface area contributed by atoms with Crippen molar-refractivity contribution in [3.63, 3.8) is 0 Å². The van der Waals surface area contributed by atoms with E-state index < -0.39 is 0 Å². The molecule has 4 heteroatoms. The van der Waals surface area contributed by atoms with Crippen molar-refractivity contribution in [3.05, 3.63) is 47.5 Å². The molecule has 0 saturated heterocycles. The van der Waals surface area contributed by atoms with Crippen molar-refractivity contribution in [2.45, 2.75) is 18.9 Å². The molecule has 0 radical (unpaired) electrons. The number of amides is 1. The van der Waals surface area contributed by atoms with Crippen molar-refractivity contribution >= 4 is 17.5 Å². The second-order valence-electron chi connectivity index (χ2n) is 3.91. The quantitative estimate of drug-likeness (QED) is 0.771. The standard InChI is InChI=1S/C14H18ClNO2/c1-3-4-8-14(17)16-10-13(18-2)11-6-5-7-12(15)9-11/h3,5-7,9,13H,1,4,8,10H2,2H3,(H,16,17)/t13-/m1/s1. The van der Waals surface area contributed by atoms with Gasteiger partial charge < -0.3 is 10.1 Å². The molecule has 0 fully saturated rings. The number of hydrogen-bond donors (Lipinski definition) is 1. The van der Waals surface area contributed by atoms with Gasteiger partial charge in [-0.2, -0.15) is 0 Å². The summed E-state index contributed by atoms with van der Waals surface area (Å²) in [6, 6.07) is 7.44. The number of nitrogens with one attached hydrogen (secondary N) is 1. The zero-order chi connectivity index (χ0) is 13.4. The monoisotopic (exact) mass is 267 g/mol. The lowest BCUT2D eigenvalue weighted by molar-refractivity contribution is -0.121. The van der Waals surface area contributed by atoms with Crippen LogP contribution in [-0.2, 0) is 9.53 Å². The highest BCUT2D eigenvalue weighted by Crippen LogP contribution is 2.19. The average Bonchev–Trinajstić information content (AvgIpc) is 2.37. The molecule has 1 aromatic rings. The second kappa shape index (κ2) is 7.90. The number of ether oxygens (including phenoxy) is 1. The van der Waals surface area contributed by atoms with E-state index in [9.17, 15) is 4.79 Å². The maximum absolute atomic E-state index is 11.5. The maximum atomic E-state index is 11.5. The van der Waals surface area contributed by atoms with Gasteiger partial charge in [0.25, 0.3) is 0 Å². The van der Waals surface area contributed by atoms with Crippen LogP contribution < -0.4 is 5.32 Å². The molecule has 1 amide bonds. The summed E-state index contributed by atoms with van der Waals surface area (Å²) in [5.74, 6) is -0.000946. The zero-order valence-corrected chi connectivity index (χ0v) is 11.2. The topological polar surface area (TPSA) is 38.3 Å². The molecule has 0 aromatic heterocycles. The molecule has 18 heavy (non-hydrogen) atoms. The lowest BCUT2D eigenvalue weighted by atomic mass is 10.1. The Morgan fingerprint density at radius 1 is 1.61 bits per heavy atom. The molecule has 0 saturated carbocycles. The highest BCUT2D eigenvalue weighted by molar-refractivity contribution is 6.30. The molecule has 0 aliphatic rings. The van der Waals surface area contributed by atoms with Gasteiger partial charge in [-0.05, 0) is 24.1 Å². The minimum absolute atomic E-state index is 0.000946. The van der Waals surface area contributed by atoms with E-state index in [1.54, 1.807) is 19.3 Å². The summed E-state index contributed by atoms with van der Waals surface area (Å²) in [5, 5.41) is 3.49. The van der Waals surface area contributed by atoms with Gasteiger partial charge in [-0.3, -0.25) is 4.79 Å². The predicted octanol–water partition coefficient (Wildman–Crippen LogP) is 3.11. The lowest BCUT2D eigenvalue weighted by Gasteiger charge is -2.16. The fraction of sp³-hybridized carbons (Fsp3) is 0.357. The Bertz CT molecular complexity index is 407. The molecule has 98 valence electrons. The van der Waals surface area contributed by atoms with E-state index in [0.717, 1.165) is 5.56 Å². The number of hydrogen-bond acceptors (Lipinski definition) is 2. The number of carbonyl (C=O) groups excluding carboxylic acids is 1. The fourth-order valence-electron chi connectivity index (χ4n) is 1.57. The Hall–Kier alpha value is -1.32. The Labute approximate surface area is 113 Å². The number of benzene rings is 1. The second-order valence-corrected chi connectivity index (χ2v) is 4.35. The molecule has 1 N–H and O–H groups in total. The predicted molar refractivity (Wildman–Crippen MR) is 73.6 cm³/mol. The van der Waals surface area contributed by atoms with Gasteiger partial charge in [-0.1, -0.05) is 29.8 Å². The smallest absolute Gasteiger partial charge is 0.220 e. The largest absolute Gasteiger partial charge is 0.375 e. The van der Waals surface area contributed by atoms with Crippen LogP contribution in [0.1, 0.15) is 24.5 Å². The van der Waals surface area contributed by atoms with Crippen molar-refractivity contribution < 1.29 is 9.53 Å². The van der Waals surface area contributed by atoms with Crippen LogP contribution in [0, 0.1) is 0 Å². The van der Waals surface area contributed by atoms with Gasteiger partial charge in [0.2, 0.25) is 5.91 Å². The van der Waals surface area contributed by atoms with E-state index in [1.165, 1.54) is 0 Å². The van der Waals surface area contributed by atoms with Crippen LogP contribution in [0.3, 0.4) is 0 Å². The van der Waals surface area contributed by atoms with Gasteiger partial charge >= 0.3 is 0 Å². The zero-order valence-electron chi connectivity index (χ0n) is 10.5. The Morgan fingerprint density at radius 2 is 2.39 bits per heavy atom. The summed E-state index contributed by atoms with van der Waals surface area (Å²) < 4.78 is 5.35. The van der Waals surface area contributed by atoms with Gasteiger partial charge in [0.05, 0.1) is 6.10 Å². The average molecular weight is 268 g/mol.